The highest BCUT2D eigenvalue weighted by Crippen LogP contribution is 2.32. The molecule has 0 saturated carbocycles. The SMILES string of the molecule is CCCOc1cc(N(CC)CC(C)(C)O)c(N)cc1F. The average molecular weight is 284 g/mol. The lowest BCUT2D eigenvalue weighted by Gasteiger charge is -2.31. The zero-order valence-electron chi connectivity index (χ0n) is 12.7. The molecule has 5 heteroatoms. The quantitative estimate of drug-likeness (QED) is 0.756. The summed E-state index contributed by atoms with van der Waals surface area (Å²) in [5, 5.41) is 9.95. The van der Waals surface area contributed by atoms with Crippen molar-refractivity contribution in [2.45, 2.75) is 39.7 Å². The highest BCUT2D eigenvalue weighted by Gasteiger charge is 2.20. The van der Waals surface area contributed by atoms with Gasteiger partial charge in [-0.2, -0.15) is 0 Å². The smallest absolute Gasteiger partial charge is 0.167 e. The monoisotopic (exact) mass is 284 g/mol. The molecule has 0 radical (unpaired) electrons. The van der Waals surface area contributed by atoms with Crippen LogP contribution in [0, 0.1) is 5.82 Å². The Kier molecular flexibility index (Phi) is 5.62. The Bertz CT molecular complexity index is 444. The third-order valence-corrected chi connectivity index (χ3v) is 2.84. The summed E-state index contributed by atoms with van der Waals surface area (Å²) in [5.74, 6) is -0.260. The van der Waals surface area contributed by atoms with Gasteiger partial charge in [0.05, 0.1) is 23.6 Å². The van der Waals surface area contributed by atoms with Crippen molar-refractivity contribution >= 4 is 11.4 Å². The fourth-order valence-electron chi connectivity index (χ4n) is 1.99. The van der Waals surface area contributed by atoms with Crippen LogP contribution in [0.2, 0.25) is 0 Å². The van der Waals surface area contributed by atoms with E-state index >= 15 is 0 Å². The first-order valence-corrected chi connectivity index (χ1v) is 6.97. The molecule has 0 spiro atoms. The third kappa shape index (κ3) is 4.56. The second-order valence-electron chi connectivity index (χ2n) is 5.52. The molecule has 0 atom stereocenters. The van der Waals surface area contributed by atoms with E-state index in [-0.39, 0.29) is 5.75 Å². The molecule has 0 fully saturated rings. The molecule has 0 aliphatic rings. The third-order valence-electron chi connectivity index (χ3n) is 2.84. The van der Waals surface area contributed by atoms with Gasteiger partial charge in [0.15, 0.2) is 11.6 Å². The highest BCUT2D eigenvalue weighted by atomic mass is 19.1. The standard InChI is InChI=1S/C15H25FN2O2/c1-5-7-20-14-9-13(12(17)8-11(14)16)18(6-2)10-15(3,4)19/h8-9,19H,5-7,10,17H2,1-4H3. The van der Waals surface area contributed by atoms with Crippen LogP contribution in [0.15, 0.2) is 12.1 Å². The van der Waals surface area contributed by atoms with Gasteiger partial charge in [0.1, 0.15) is 0 Å². The molecule has 0 heterocycles. The zero-order chi connectivity index (χ0) is 15.3. The normalized spacial score (nSPS) is 11.5. The topological polar surface area (TPSA) is 58.7 Å². The van der Waals surface area contributed by atoms with Crippen LogP contribution in [0.5, 0.6) is 5.75 Å². The van der Waals surface area contributed by atoms with E-state index in [1.807, 2.05) is 18.7 Å². The van der Waals surface area contributed by atoms with Gasteiger partial charge < -0.3 is 20.5 Å². The van der Waals surface area contributed by atoms with Gasteiger partial charge in [-0.1, -0.05) is 6.92 Å². The Morgan fingerprint density at radius 1 is 1.35 bits per heavy atom. The lowest BCUT2D eigenvalue weighted by molar-refractivity contribution is 0.0876. The van der Waals surface area contributed by atoms with Gasteiger partial charge in [-0.25, -0.2) is 4.39 Å². The number of likely N-dealkylation sites (N-methyl/N-ethyl adjacent to an activating group) is 1. The Hall–Kier alpha value is -1.49. The number of halogens is 1. The summed E-state index contributed by atoms with van der Waals surface area (Å²) < 4.78 is 19.2. The number of nitrogens with zero attached hydrogens (tertiary/aromatic N) is 1. The van der Waals surface area contributed by atoms with Crippen molar-refractivity contribution in [3.05, 3.63) is 17.9 Å². The number of hydrogen-bond acceptors (Lipinski definition) is 4. The van der Waals surface area contributed by atoms with Crippen LogP contribution in [-0.2, 0) is 0 Å². The second kappa shape index (κ2) is 6.79. The number of aliphatic hydroxyl groups is 1. The van der Waals surface area contributed by atoms with E-state index in [0.29, 0.717) is 31.1 Å². The van der Waals surface area contributed by atoms with E-state index in [2.05, 4.69) is 0 Å². The van der Waals surface area contributed by atoms with Crippen LogP contribution in [0.4, 0.5) is 15.8 Å². The number of anilines is 2. The average Bonchev–Trinajstić information content (AvgIpc) is 2.34. The fraction of sp³-hybridized carbons (Fsp3) is 0.600. The van der Waals surface area contributed by atoms with E-state index in [9.17, 15) is 9.50 Å². The molecule has 0 aliphatic carbocycles. The molecular formula is C15H25FN2O2. The van der Waals surface area contributed by atoms with Gasteiger partial charge in [-0.15, -0.1) is 0 Å². The van der Waals surface area contributed by atoms with Crippen LogP contribution in [0.1, 0.15) is 34.1 Å². The van der Waals surface area contributed by atoms with Crippen molar-refractivity contribution < 1.29 is 14.2 Å². The largest absolute Gasteiger partial charge is 0.490 e. The molecule has 20 heavy (non-hydrogen) atoms. The van der Waals surface area contributed by atoms with Gasteiger partial charge >= 0.3 is 0 Å². The summed E-state index contributed by atoms with van der Waals surface area (Å²) in [4.78, 5) is 1.91. The molecule has 0 aliphatic heterocycles. The van der Waals surface area contributed by atoms with Crippen LogP contribution < -0.4 is 15.4 Å². The summed E-state index contributed by atoms with van der Waals surface area (Å²) >= 11 is 0. The Morgan fingerprint density at radius 2 is 2.00 bits per heavy atom. The molecule has 4 nitrogen and oxygen atoms in total. The minimum absolute atomic E-state index is 0.199. The summed E-state index contributed by atoms with van der Waals surface area (Å²) in [6, 6.07) is 2.88. The maximum atomic E-state index is 13.8. The van der Waals surface area contributed by atoms with Crippen LogP contribution >= 0.6 is 0 Å². The van der Waals surface area contributed by atoms with Gasteiger partial charge in [0.2, 0.25) is 0 Å². The Labute approximate surface area is 120 Å². The molecular weight excluding hydrogens is 259 g/mol. The van der Waals surface area contributed by atoms with Gasteiger partial charge in [0.25, 0.3) is 0 Å². The maximum absolute atomic E-state index is 13.8. The molecule has 1 rings (SSSR count). The maximum Gasteiger partial charge on any atom is 0.167 e. The molecule has 0 saturated heterocycles. The molecule has 0 aromatic heterocycles. The van der Waals surface area contributed by atoms with Crippen LogP contribution in [0.3, 0.4) is 0 Å². The van der Waals surface area contributed by atoms with E-state index in [1.54, 1.807) is 19.9 Å². The molecule has 0 amide bonds. The van der Waals surface area contributed by atoms with Crippen molar-refractivity contribution in [3.8, 4) is 5.75 Å². The Balaban J connectivity index is 3.08. The van der Waals surface area contributed by atoms with Crippen LogP contribution in [-0.4, -0.2) is 30.4 Å². The van der Waals surface area contributed by atoms with Crippen LogP contribution in [0.25, 0.3) is 0 Å². The van der Waals surface area contributed by atoms with Crippen molar-refractivity contribution in [3.63, 3.8) is 0 Å². The van der Waals surface area contributed by atoms with E-state index in [4.69, 9.17) is 10.5 Å². The molecule has 1 aromatic rings. The van der Waals surface area contributed by atoms with Gasteiger partial charge in [-0.3, -0.25) is 0 Å². The number of rotatable bonds is 7. The molecule has 114 valence electrons. The molecule has 1 aromatic carbocycles. The number of nitrogens with two attached hydrogens (primary N) is 1. The Morgan fingerprint density at radius 3 is 2.50 bits per heavy atom. The second-order valence-corrected chi connectivity index (χ2v) is 5.52. The van der Waals surface area contributed by atoms with E-state index in [0.717, 1.165) is 6.42 Å². The van der Waals surface area contributed by atoms with Crippen molar-refractivity contribution in [1.29, 1.82) is 0 Å². The lowest BCUT2D eigenvalue weighted by Crippen LogP contribution is -2.39. The van der Waals surface area contributed by atoms with E-state index < -0.39 is 11.4 Å². The zero-order valence-corrected chi connectivity index (χ0v) is 12.7. The first-order chi connectivity index (χ1) is 9.28. The summed E-state index contributed by atoms with van der Waals surface area (Å²) in [5.41, 5.74) is 6.06. The summed E-state index contributed by atoms with van der Waals surface area (Å²) in [6.45, 7) is 8.90. The molecule has 0 bridgehead atoms. The minimum Gasteiger partial charge on any atom is -0.490 e. The number of hydrogen-bond donors (Lipinski definition) is 2. The summed E-state index contributed by atoms with van der Waals surface area (Å²) in [6.07, 6.45) is 0.806. The van der Waals surface area contributed by atoms with E-state index in [1.165, 1.54) is 6.07 Å². The number of ether oxygens (including phenoxy) is 1. The lowest BCUT2D eigenvalue weighted by atomic mass is 10.1. The molecule has 3 N–H and O–H groups in total. The van der Waals surface area contributed by atoms with Crippen molar-refractivity contribution in [1.82, 2.24) is 0 Å². The number of nitrogen functional groups attached to an aromatic ring is 1. The highest BCUT2D eigenvalue weighted by molar-refractivity contribution is 5.70. The van der Waals surface area contributed by atoms with Crippen molar-refractivity contribution in [2.75, 3.05) is 30.3 Å². The number of benzene rings is 1. The summed E-state index contributed by atoms with van der Waals surface area (Å²) in [7, 11) is 0. The van der Waals surface area contributed by atoms with Crippen molar-refractivity contribution in [2.24, 2.45) is 0 Å². The van der Waals surface area contributed by atoms with Gasteiger partial charge in [-0.05, 0) is 27.2 Å². The molecule has 0 unspecified atom stereocenters. The predicted octanol–water partition coefficient (Wildman–Crippen LogP) is 2.79. The predicted molar refractivity (Wildman–Crippen MR) is 80.8 cm³/mol. The van der Waals surface area contributed by atoms with Gasteiger partial charge in [0, 0.05) is 25.2 Å². The minimum atomic E-state index is -0.860. The first-order valence-electron chi connectivity index (χ1n) is 6.97. The fourth-order valence-corrected chi connectivity index (χ4v) is 1.99. The first kappa shape index (κ1) is 16.6.